The minimum absolute atomic E-state index is 0.366. The molecule has 20 heavy (non-hydrogen) atoms. The van der Waals surface area contributed by atoms with Crippen LogP contribution in [0, 0.1) is 5.41 Å². The highest BCUT2D eigenvalue weighted by molar-refractivity contribution is 5.62. The molecule has 0 bridgehead atoms. The zero-order valence-corrected chi connectivity index (χ0v) is 12.2. The number of anilines is 1. The van der Waals surface area contributed by atoms with Crippen LogP contribution in [0.1, 0.15) is 51.0 Å². The summed E-state index contributed by atoms with van der Waals surface area (Å²) in [5.74, 6) is 1.04. The third-order valence-electron chi connectivity index (χ3n) is 4.52. The van der Waals surface area contributed by atoms with Crippen molar-refractivity contribution in [3.63, 3.8) is 0 Å². The van der Waals surface area contributed by atoms with Gasteiger partial charge in [0.2, 0.25) is 5.88 Å². The number of benzene rings is 1. The standard InChI is InChI=1S/C17H22N2O/c1-17(2)8-6-12(7-9-17)13-4-3-5-14(10-13)15-11-16(18)20-19-15/h3-5,10-12H,6-9,18H2,1-2H3. The molecule has 1 aromatic heterocycles. The topological polar surface area (TPSA) is 52.0 Å². The van der Waals surface area contributed by atoms with Crippen LogP contribution in [0.15, 0.2) is 34.9 Å². The van der Waals surface area contributed by atoms with Crippen molar-refractivity contribution in [2.24, 2.45) is 5.41 Å². The van der Waals surface area contributed by atoms with Gasteiger partial charge in [0, 0.05) is 11.6 Å². The van der Waals surface area contributed by atoms with Gasteiger partial charge in [0.15, 0.2) is 0 Å². The Morgan fingerprint density at radius 2 is 1.95 bits per heavy atom. The Hall–Kier alpha value is -1.77. The molecular formula is C17H22N2O. The van der Waals surface area contributed by atoms with Gasteiger partial charge in [0.25, 0.3) is 0 Å². The normalized spacial score (nSPS) is 19.1. The summed E-state index contributed by atoms with van der Waals surface area (Å²) in [6, 6.07) is 10.4. The molecule has 0 unspecified atom stereocenters. The first-order valence-electron chi connectivity index (χ1n) is 7.36. The minimum atomic E-state index is 0.366. The maximum atomic E-state index is 5.60. The fourth-order valence-corrected chi connectivity index (χ4v) is 3.11. The summed E-state index contributed by atoms with van der Waals surface area (Å²) >= 11 is 0. The van der Waals surface area contributed by atoms with Gasteiger partial charge in [-0.25, -0.2) is 0 Å². The Kier molecular flexibility index (Phi) is 3.28. The first-order valence-corrected chi connectivity index (χ1v) is 7.36. The highest BCUT2D eigenvalue weighted by atomic mass is 16.5. The van der Waals surface area contributed by atoms with Crippen LogP contribution in [0.5, 0.6) is 0 Å². The average Bonchev–Trinajstić information content (AvgIpc) is 2.86. The van der Waals surface area contributed by atoms with Gasteiger partial charge < -0.3 is 10.3 Å². The second kappa shape index (κ2) is 4.97. The van der Waals surface area contributed by atoms with Crippen molar-refractivity contribution in [2.75, 3.05) is 5.73 Å². The van der Waals surface area contributed by atoms with E-state index in [1.54, 1.807) is 6.07 Å². The van der Waals surface area contributed by atoms with Gasteiger partial charge in [-0.3, -0.25) is 0 Å². The predicted molar refractivity (Wildman–Crippen MR) is 81.3 cm³/mol. The number of aromatic nitrogens is 1. The monoisotopic (exact) mass is 270 g/mol. The molecule has 106 valence electrons. The molecule has 0 aliphatic heterocycles. The van der Waals surface area contributed by atoms with Crippen molar-refractivity contribution < 1.29 is 4.52 Å². The number of nitrogens with zero attached hydrogens (tertiary/aromatic N) is 1. The third-order valence-corrected chi connectivity index (χ3v) is 4.52. The zero-order valence-electron chi connectivity index (χ0n) is 12.2. The van der Waals surface area contributed by atoms with Crippen LogP contribution >= 0.6 is 0 Å². The summed E-state index contributed by atoms with van der Waals surface area (Å²) in [4.78, 5) is 0. The average molecular weight is 270 g/mol. The van der Waals surface area contributed by atoms with E-state index in [2.05, 4.69) is 43.3 Å². The molecule has 0 spiro atoms. The molecule has 1 aliphatic rings. The highest BCUT2D eigenvalue weighted by Gasteiger charge is 2.27. The van der Waals surface area contributed by atoms with E-state index in [9.17, 15) is 0 Å². The Bertz CT molecular complexity index is 591. The summed E-state index contributed by atoms with van der Waals surface area (Å²) in [5, 5.41) is 4.00. The summed E-state index contributed by atoms with van der Waals surface area (Å²) < 4.78 is 4.96. The summed E-state index contributed by atoms with van der Waals surface area (Å²) in [6.07, 6.45) is 5.16. The lowest BCUT2D eigenvalue weighted by Gasteiger charge is -2.34. The predicted octanol–water partition coefficient (Wildman–Crippen LogP) is 4.61. The van der Waals surface area contributed by atoms with Gasteiger partial charge in [-0.15, -0.1) is 0 Å². The van der Waals surface area contributed by atoms with E-state index in [4.69, 9.17) is 10.3 Å². The zero-order chi connectivity index (χ0) is 14.2. The lowest BCUT2D eigenvalue weighted by atomic mass is 9.71. The Labute approximate surface area is 120 Å². The Morgan fingerprint density at radius 3 is 2.60 bits per heavy atom. The molecule has 1 saturated carbocycles. The molecule has 2 aromatic rings. The van der Waals surface area contributed by atoms with E-state index in [0.29, 0.717) is 17.2 Å². The summed E-state index contributed by atoms with van der Waals surface area (Å²) in [7, 11) is 0. The van der Waals surface area contributed by atoms with Crippen LogP contribution in [0.2, 0.25) is 0 Å². The lowest BCUT2D eigenvalue weighted by molar-refractivity contribution is 0.224. The van der Waals surface area contributed by atoms with Gasteiger partial charge in [0.1, 0.15) is 5.69 Å². The Morgan fingerprint density at radius 1 is 1.20 bits per heavy atom. The van der Waals surface area contributed by atoms with Gasteiger partial charge in [-0.1, -0.05) is 37.2 Å². The molecule has 3 heteroatoms. The van der Waals surface area contributed by atoms with E-state index < -0.39 is 0 Å². The van der Waals surface area contributed by atoms with Crippen molar-refractivity contribution >= 4 is 5.88 Å². The van der Waals surface area contributed by atoms with Crippen molar-refractivity contribution in [1.29, 1.82) is 0 Å². The van der Waals surface area contributed by atoms with Crippen LogP contribution in [-0.4, -0.2) is 5.16 Å². The first-order chi connectivity index (χ1) is 9.53. The summed E-state index contributed by atoms with van der Waals surface area (Å²) in [5.41, 5.74) is 9.43. The molecule has 2 N–H and O–H groups in total. The number of rotatable bonds is 2. The van der Waals surface area contributed by atoms with Crippen LogP contribution in [0.25, 0.3) is 11.3 Å². The van der Waals surface area contributed by atoms with Crippen LogP contribution < -0.4 is 5.73 Å². The van der Waals surface area contributed by atoms with Crippen LogP contribution in [0.3, 0.4) is 0 Å². The summed E-state index contributed by atoms with van der Waals surface area (Å²) in [6.45, 7) is 4.75. The maximum Gasteiger partial charge on any atom is 0.222 e. The SMILES string of the molecule is CC1(C)CCC(c2cccc(-c3cc(N)on3)c2)CC1. The Balaban J connectivity index is 1.81. The van der Waals surface area contributed by atoms with Gasteiger partial charge >= 0.3 is 0 Å². The highest BCUT2D eigenvalue weighted by Crippen LogP contribution is 2.42. The molecule has 0 amide bonds. The van der Waals surface area contributed by atoms with E-state index in [0.717, 1.165) is 11.3 Å². The molecule has 0 saturated heterocycles. The molecule has 1 fully saturated rings. The fraction of sp³-hybridized carbons (Fsp3) is 0.471. The van der Waals surface area contributed by atoms with Crippen LogP contribution in [-0.2, 0) is 0 Å². The number of nitrogens with two attached hydrogens (primary N) is 1. The van der Waals surface area contributed by atoms with Crippen molar-refractivity contribution in [3.8, 4) is 11.3 Å². The maximum absolute atomic E-state index is 5.60. The quantitative estimate of drug-likeness (QED) is 0.867. The molecule has 1 aliphatic carbocycles. The fourth-order valence-electron chi connectivity index (χ4n) is 3.11. The minimum Gasteiger partial charge on any atom is -0.368 e. The van der Waals surface area contributed by atoms with E-state index in [-0.39, 0.29) is 0 Å². The number of hydrogen-bond donors (Lipinski definition) is 1. The van der Waals surface area contributed by atoms with Gasteiger partial charge in [-0.05, 0) is 48.6 Å². The molecular weight excluding hydrogens is 248 g/mol. The second-order valence-corrected chi connectivity index (χ2v) is 6.68. The number of hydrogen-bond acceptors (Lipinski definition) is 3. The van der Waals surface area contributed by atoms with Crippen molar-refractivity contribution in [3.05, 3.63) is 35.9 Å². The van der Waals surface area contributed by atoms with E-state index >= 15 is 0 Å². The molecule has 3 rings (SSSR count). The molecule has 1 heterocycles. The smallest absolute Gasteiger partial charge is 0.222 e. The molecule has 0 radical (unpaired) electrons. The largest absolute Gasteiger partial charge is 0.368 e. The second-order valence-electron chi connectivity index (χ2n) is 6.68. The first kappa shape index (κ1) is 13.2. The van der Waals surface area contributed by atoms with Crippen molar-refractivity contribution in [2.45, 2.75) is 45.4 Å². The van der Waals surface area contributed by atoms with E-state index in [1.165, 1.54) is 31.2 Å². The molecule has 1 aromatic carbocycles. The van der Waals surface area contributed by atoms with Gasteiger partial charge in [0.05, 0.1) is 0 Å². The number of nitrogen functional groups attached to an aromatic ring is 1. The van der Waals surface area contributed by atoms with Gasteiger partial charge in [-0.2, -0.15) is 0 Å². The van der Waals surface area contributed by atoms with Crippen molar-refractivity contribution in [1.82, 2.24) is 5.16 Å². The van der Waals surface area contributed by atoms with E-state index in [1.807, 2.05) is 0 Å². The lowest BCUT2D eigenvalue weighted by Crippen LogP contribution is -2.20. The third kappa shape index (κ3) is 2.72. The molecule has 3 nitrogen and oxygen atoms in total. The van der Waals surface area contributed by atoms with Crippen LogP contribution in [0.4, 0.5) is 5.88 Å². The molecule has 0 atom stereocenters.